The van der Waals surface area contributed by atoms with Crippen molar-refractivity contribution in [2.75, 3.05) is 19.0 Å². The molecular formula is C12H12N6O3. The Morgan fingerprint density at radius 2 is 2.43 bits per heavy atom. The van der Waals surface area contributed by atoms with Gasteiger partial charge in [0, 0.05) is 19.5 Å². The zero-order chi connectivity index (χ0) is 15.2. The highest BCUT2D eigenvalue weighted by Crippen LogP contribution is 2.28. The van der Waals surface area contributed by atoms with E-state index in [9.17, 15) is 10.1 Å². The number of nitrogens with one attached hydrogen (secondary N) is 1. The maximum Gasteiger partial charge on any atom is 0.329 e. The fourth-order valence-corrected chi connectivity index (χ4v) is 1.69. The first-order chi connectivity index (χ1) is 10.2. The molecule has 1 N–H and O–H groups in total. The lowest BCUT2D eigenvalue weighted by Crippen LogP contribution is -2.04. The van der Waals surface area contributed by atoms with Gasteiger partial charge < -0.3 is 10.1 Å². The van der Waals surface area contributed by atoms with Gasteiger partial charge in [0.1, 0.15) is 11.6 Å². The van der Waals surface area contributed by atoms with Crippen molar-refractivity contribution < 1.29 is 9.66 Å². The molecule has 21 heavy (non-hydrogen) atoms. The van der Waals surface area contributed by atoms with Gasteiger partial charge >= 0.3 is 5.69 Å². The van der Waals surface area contributed by atoms with Crippen LogP contribution in [0.4, 0.5) is 17.2 Å². The van der Waals surface area contributed by atoms with Gasteiger partial charge in [-0.1, -0.05) is 0 Å². The summed E-state index contributed by atoms with van der Waals surface area (Å²) in [6.07, 6.45) is 4.52. The third kappa shape index (κ3) is 3.31. The Kier molecular flexibility index (Phi) is 4.43. The number of methoxy groups -OCH3 is 1. The molecule has 0 saturated heterocycles. The summed E-state index contributed by atoms with van der Waals surface area (Å²) in [6, 6.07) is 3.07. The van der Waals surface area contributed by atoms with Crippen LogP contribution in [0.2, 0.25) is 0 Å². The molecular weight excluding hydrogens is 276 g/mol. The molecule has 0 aromatic carbocycles. The highest BCUT2D eigenvalue weighted by atomic mass is 16.6. The van der Waals surface area contributed by atoms with Gasteiger partial charge in [-0.25, -0.2) is 4.98 Å². The summed E-state index contributed by atoms with van der Waals surface area (Å²) in [4.78, 5) is 14.3. The van der Waals surface area contributed by atoms with Crippen molar-refractivity contribution in [2.45, 2.75) is 6.54 Å². The zero-order valence-electron chi connectivity index (χ0n) is 11.2. The minimum Gasteiger partial charge on any atom is -0.383 e. The lowest BCUT2D eigenvalue weighted by atomic mass is 10.2. The molecule has 9 nitrogen and oxygen atoms in total. The van der Waals surface area contributed by atoms with E-state index in [-0.39, 0.29) is 17.1 Å². The van der Waals surface area contributed by atoms with Crippen LogP contribution >= 0.6 is 0 Å². The quantitative estimate of drug-likeness (QED) is 0.631. The van der Waals surface area contributed by atoms with Crippen molar-refractivity contribution in [1.29, 1.82) is 5.26 Å². The van der Waals surface area contributed by atoms with Gasteiger partial charge in [0.25, 0.3) is 0 Å². The Balaban J connectivity index is 2.25. The van der Waals surface area contributed by atoms with Crippen LogP contribution < -0.4 is 5.32 Å². The minimum absolute atomic E-state index is 0.00495. The van der Waals surface area contributed by atoms with Crippen molar-refractivity contribution in [3.05, 3.63) is 40.3 Å². The van der Waals surface area contributed by atoms with Crippen LogP contribution in [-0.4, -0.2) is 33.4 Å². The molecule has 2 aromatic heterocycles. The molecule has 108 valence electrons. The fraction of sp³-hybridized carbons (Fsp3) is 0.250. The number of nitriles is 1. The molecule has 2 aromatic rings. The number of hydrogen-bond donors (Lipinski definition) is 1. The third-order valence-electron chi connectivity index (χ3n) is 2.65. The van der Waals surface area contributed by atoms with Crippen LogP contribution in [-0.2, 0) is 11.3 Å². The van der Waals surface area contributed by atoms with Gasteiger partial charge in [-0.2, -0.15) is 10.4 Å². The summed E-state index contributed by atoms with van der Waals surface area (Å²) in [5, 5.41) is 26.9. The number of hydrogen-bond acceptors (Lipinski definition) is 7. The van der Waals surface area contributed by atoms with E-state index in [0.29, 0.717) is 18.8 Å². The first kappa shape index (κ1) is 14.4. The summed E-state index contributed by atoms with van der Waals surface area (Å²) in [5.41, 5.74) is 0.130. The minimum atomic E-state index is -0.636. The molecule has 0 aliphatic heterocycles. The number of pyridine rings is 1. The number of rotatable bonds is 6. The number of nitro groups is 1. The van der Waals surface area contributed by atoms with Gasteiger partial charge in [-0.05, 0) is 6.07 Å². The Bertz CT molecular complexity index is 691. The van der Waals surface area contributed by atoms with Gasteiger partial charge in [0.15, 0.2) is 0 Å². The average Bonchev–Trinajstić information content (AvgIpc) is 2.92. The molecule has 0 spiro atoms. The Morgan fingerprint density at radius 3 is 3.10 bits per heavy atom. The summed E-state index contributed by atoms with van der Waals surface area (Å²) in [5.74, 6) is 0.00495. The maximum absolute atomic E-state index is 11.1. The van der Waals surface area contributed by atoms with E-state index < -0.39 is 4.92 Å². The number of aromatic nitrogens is 3. The largest absolute Gasteiger partial charge is 0.383 e. The molecule has 0 fully saturated rings. The first-order valence-corrected chi connectivity index (χ1v) is 5.97. The molecule has 0 atom stereocenters. The number of nitrogens with zero attached hydrogens (tertiary/aromatic N) is 5. The van der Waals surface area contributed by atoms with E-state index in [1.165, 1.54) is 18.5 Å². The molecule has 9 heteroatoms. The summed E-state index contributed by atoms with van der Waals surface area (Å²) in [7, 11) is 1.59. The summed E-state index contributed by atoms with van der Waals surface area (Å²) < 4.78 is 6.57. The maximum atomic E-state index is 11.1. The SMILES string of the molecule is COCCn1cc(Nc2nccc(C#N)c2[N+](=O)[O-])cn1. The zero-order valence-corrected chi connectivity index (χ0v) is 11.2. The van der Waals surface area contributed by atoms with Crippen molar-refractivity contribution in [3.8, 4) is 6.07 Å². The van der Waals surface area contributed by atoms with E-state index in [1.54, 1.807) is 24.1 Å². The summed E-state index contributed by atoms with van der Waals surface area (Å²) >= 11 is 0. The standard InChI is InChI=1S/C12H12N6O3/c1-21-5-4-17-8-10(7-15-17)16-12-11(18(19)20)9(6-13)2-3-14-12/h2-3,7-8H,4-5H2,1H3,(H,14,16). The second-order valence-electron chi connectivity index (χ2n) is 4.03. The van der Waals surface area contributed by atoms with E-state index in [2.05, 4.69) is 15.4 Å². The predicted molar refractivity (Wildman–Crippen MR) is 73.0 cm³/mol. The molecule has 0 bridgehead atoms. The number of anilines is 2. The highest BCUT2D eigenvalue weighted by molar-refractivity contribution is 5.69. The average molecular weight is 288 g/mol. The molecule has 0 saturated carbocycles. The van der Waals surface area contributed by atoms with Crippen molar-refractivity contribution in [2.24, 2.45) is 0 Å². The topological polar surface area (TPSA) is 119 Å². The lowest BCUT2D eigenvalue weighted by molar-refractivity contribution is -0.384. The molecule has 2 heterocycles. The van der Waals surface area contributed by atoms with Crippen LogP contribution in [0.1, 0.15) is 5.56 Å². The third-order valence-corrected chi connectivity index (χ3v) is 2.65. The molecule has 0 radical (unpaired) electrons. The van der Waals surface area contributed by atoms with Gasteiger partial charge in [-0.3, -0.25) is 14.8 Å². The Hall–Kier alpha value is -2.99. The van der Waals surface area contributed by atoms with Crippen LogP contribution in [0.5, 0.6) is 0 Å². The number of ether oxygens (including phenoxy) is 1. The molecule has 0 amide bonds. The second kappa shape index (κ2) is 6.44. The smallest absolute Gasteiger partial charge is 0.329 e. The van der Waals surface area contributed by atoms with Gasteiger partial charge in [0.2, 0.25) is 5.82 Å². The Morgan fingerprint density at radius 1 is 1.62 bits per heavy atom. The second-order valence-corrected chi connectivity index (χ2v) is 4.03. The molecule has 0 unspecified atom stereocenters. The van der Waals surface area contributed by atoms with E-state index in [0.717, 1.165) is 0 Å². The first-order valence-electron chi connectivity index (χ1n) is 5.97. The molecule has 0 aliphatic carbocycles. The fourth-order valence-electron chi connectivity index (χ4n) is 1.69. The highest BCUT2D eigenvalue weighted by Gasteiger charge is 2.21. The summed E-state index contributed by atoms with van der Waals surface area (Å²) in [6.45, 7) is 1.06. The van der Waals surface area contributed by atoms with Gasteiger partial charge in [-0.15, -0.1) is 0 Å². The van der Waals surface area contributed by atoms with Crippen LogP contribution in [0.25, 0.3) is 0 Å². The monoisotopic (exact) mass is 288 g/mol. The lowest BCUT2D eigenvalue weighted by Gasteiger charge is -2.04. The van der Waals surface area contributed by atoms with Crippen molar-refractivity contribution >= 4 is 17.2 Å². The molecule has 2 rings (SSSR count). The molecule has 0 aliphatic rings. The van der Waals surface area contributed by atoms with Crippen LogP contribution in [0.15, 0.2) is 24.7 Å². The Labute approximate surface area is 119 Å². The van der Waals surface area contributed by atoms with Gasteiger partial charge in [0.05, 0.1) is 30.0 Å². The van der Waals surface area contributed by atoms with Crippen molar-refractivity contribution in [1.82, 2.24) is 14.8 Å². The van der Waals surface area contributed by atoms with E-state index in [4.69, 9.17) is 10.00 Å². The van der Waals surface area contributed by atoms with E-state index in [1.807, 2.05) is 0 Å². The normalized spacial score (nSPS) is 10.1. The van der Waals surface area contributed by atoms with E-state index >= 15 is 0 Å². The van der Waals surface area contributed by atoms with Crippen LogP contribution in [0.3, 0.4) is 0 Å². The van der Waals surface area contributed by atoms with Crippen LogP contribution in [0, 0.1) is 21.4 Å². The van der Waals surface area contributed by atoms with Crippen molar-refractivity contribution in [3.63, 3.8) is 0 Å². The predicted octanol–water partition coefficient (Wildman–Crippen LogP) is 1.45.